The molecule has 0 aromatic carbocycles. The lowest BCUT2D eigenvalue weighted by Gasteiger charge is -2.40. The summed E-state index contributed by atoms with van der Waals surface area (Å²) in [5.74, 6) is 8.02. The van der Waals surface area contributed by atoms with Crippen molar-refractivity contribution in [2.45, 2.75) is 58.4 Å². The SMILES string of the molecule is CCCc1nc(NN)c(C)c(NC2(C)CCC2)n1. The number of nitrogens with two attached hydrogens (primary N) is 1. The molecule has 100 valence electrons. The molecular weight excluding hydrogens is 226 g/mol. The second-order valence-corrected chi connectivity index (χ2v) is 5.40. The maximum absolute atomic E-state index is 5.53. The first kappa shape index (κ1) is 13.1. The van der Waals surface area contributed by atoms with Gasteiger partial charge in [0.2, 0.25) is 0 Å². The van der Waals surface area contributed by atoms with Crippen LogP contribution in [-0.4, -0.2) is 15.5 Å². The molecule has 18 heavy (non-hydrogen) atoms. The Morgan fingerprint density at radius 1 is 1.28 bits per heavy atom. The molecule has 1 aliphatic carbocycles. The molecule has 0 bridgehead atoms. The van der Waals surface area contributed by atoms with Crippen molar-refractivity contribution >= 4 is 11.6 Å². The van der Waals surface area contributed by atoms with Crippen molar-refractivity contribution in [1.82, 2.24) is 9.97 Å². The maximum atomic E-state index is 5.53. The number of rotatable bonds is 5. The average Bonchev–Trinajstić information content (AvgIpc) is 2.31. The van der Waals surface area contributed by atoms with E-state index in [4.69, 9.17) is 5.84 Å². The van der Waals surface area contributed by atoms with E-state index in [0.717, 1.165) is 35.9 Å². The molecule has 0 atom stereocenters. The van der Waals surface area contributed by atoms with Gasteiger partial charge in [-0.2, -0.15) is 0 Å². The molecule has 0 saturated heterocycles. The van der Waals surface area contributed by atoms with Crippen LogP contribution in [0.2, 0.25) is 0 Å². The van der Waals surface area contributed by atoms with Gasteiger partial charge in [0.25, 0.3) is 0 Å². The Labute approximate surface area is 109 Å². The van der Waals surface area contributed by atoms with Crippen LogP contribution in [0.5, 0.6) is 0 Å². The Bertz CT molecular complexity index is 426. The van der Waals surface area contributed by atoms with Crippen LogP contribution < -0.4 is 16.6 Å². The van der Waals surface area contributed by atoms with Gasteiger partial charge in [0.1, 0.15) is 17.5 Å². The quantitative estimate of drug-likeness (QED) is 0.552. The number of anilines is 2. The lowest BCUT2D eigenvalue weighted by molar-refractivity contribution is 0.305. The summed E-state index contributed by atoms with van der Waals surface area (Å²) in [6.07, 6.45) is 5.59. The zero-order chi connectivity index (χ0) is 13.2. The van der Waals surface area contributed by atoms with Crippen LogP contribution in [0.3, 0.4) is 0 Å². The molecule has 5 heteroatoms. The summed E-state index contributed by atoms with van der Waals surface area (Å²) < 4.78 is 0. The lowest BCUT2D eigenvalue weighted by Crippen LogP contribution is -2.42. The van der Waals surface area contributed by atoms with Gasteiger partial charge in [-0.15, -0.1) is 0 Å². The largest absolute Gasteiger partial charge is 0.365 e. The molecule has 1 heterocycles. The second kappa shape index (κ2) is 5.10. The maximum Gasteiger partial charge on any atom is 0.148 e. The van der Waals surface area contributed by atoms with Crippen LogP contribution in [-0.2, 0) is 6.42 Å². The van der Waals surface area contributed by atoms with Crippen LogP contribution in [0, 0.1) is 6.92 Å². The smallest absolute Gasteiger partial charge is 0.148 e. The minimum Gasteiger partial charge on any atom is -0.365 e. The third kappa shape index (κ3) is 2.56. The third-order valence-corrected chi connectivity index (χ3v) is 3.68. The Hall–Kier alpha value is -1.36. The highest BCUT2D eigenvalue weighted by Gasteiger charge is 2.32. The Morgan fingerprint density at radius 2 is 1.94 bits per heavy atom. The highest BCUT2D eigenvalue weighted by atomic mass is 15.3. The minimum absolute atomic E-state index is 0.189. The van der Waals surface area contributed by atoms with Gasteiger partial charge in [-0.3, -0.25) is 0 Å². The fourth-order valence-corrected chi connectivity index (χ4v) is 2.28. The summed E-state index contributed by atoms with van der Waals surface area (Å²) in [6.45, 7) is 6.36. The van der Waals surface area contributed by atoms with Gasteiger partial charge >= 0.3 is 0 Å². The Morgan fingerprint density at radius 3 is 2.44 bits per heavy atom. The first-order valence-electron chi connectivity index (χ1n) is 6.70. The Kier molecular flexibility index (Phi) is 3.71. The zero-order valence-electron chi connectivity index (χ0n) is 11.5. The summed E-state index contributed by atoms with van der Waals surface area (Å²) >= 11 is 0. The van der Waals surface area contributed by atoms with Gasteiger partial charge in [0, 0.05) is 17.5 Å². The zero-order valence-corrected chi connectivity index (χ0v) is 11.5. The molecule has 4 N–H and O–H groups in total. The number of hydrazine groups is 1. The topological polar surface area (TPSA) is 75.9 Å². The Balaban J connectivity index is 2.28. The predicted octanol–water partition coefficient (Wildman–Crippen LogP) is 2.38. The summed E-state index contributed by atoms with van der Waals surface area (Å²) in [7, 11) is 0. The fraction of sp³-hybridized carbons (Fsp3) is 0.692. The number of nitrogens with zero attached hydrogens (tertiary/aromatic N) is 2. The van der Waals surface area contributed by atoms with Gasteiger partial charge in [-0.05, 0) is 39.5 Å². The van der Waals surface area contributed by atoms with Crippen molar-refractivity contribution in [2.24, 2.45) is 5.84 Å². The summed E-state index contributed by atoms with van der Waals surface area (Å²) in [6, 6.07) is 0. The predicted molar refractivity (Wildman–Crippen MR) is 74.5 cm³/mol. The molecular formula is C13H23N5. The molecule has 1 fully saturated rings. The monoisotopic (exact) mass is 249 g/mol. The highest BCUT2D eigenvalue weighted by molar-refractivity contribution is 5.57. The molecule has 0 radical (unpaired) electrons. The van der Waals surface area contributed by atoms with Crippen molar-refractivity contribution in [3.63, 3.8) is 0 Å². The van der Waals surface area contributed by atoms with Gasteiger partial charge in [0.15, 0.2) is 0 Å². The molecule has 2 rings (SSSR count). The van der Waals surface area contributed by atoms with Crippen LogP contribution in [0.15, 0.2) is 0 Å². The van der Waals surface area contributed by atoms with Crippen LogP contribution in [0.4, 0.5) is 11.6 Å². The lowest BCUT2D eigenvalue weighted by atomic mass is 9.78. The van der Waals surface area contributed by atoms with Crippen molar-refractivity contribution in [2.75, 3.05) is 10.7 Å². The standard InChI is InChI=1S/C13H23N5/c1-4-6-10-15-11(9(2)12(16-10)18-14)17-13(3)7-5-8-13/h4-8,14H2,1-3H3,(H2,15,16,17,18). The van der Waals surface area contributed by atoms with E-state index in [1.807, 2.05) is 6.92 Å². The first-order valence-corrected chi connectivity index (χ1v) is 6.70. The van der Waals surface area contributed by atoms with Gasteiger partial charge < -0.3 is 10.7 Å². The average molecular weight is 249 g/mol. The van der Waals surface area contributed by atoms with Crippen molar-refractivity contribution < 1.29 is 0 Å². The van der Waals surface area contributed by atoms with E-state index in [2.05, 4.69) is 34.6 Å². The molecule has 0 unspecified atom stereocenters. The first-order chi connectivity index (χ1) is 8.58. The van der Waals surface area contributed by atoms with Crippen molar-refractivity contribution in [1.29, 1.82) is 0 Å². The number of hydrogen-bond acceptors (Lipinski definition) is 5. The molecule has 1 aliphatic rings. The van der Waals surface area contributed by atoms with E-state index in [1.165, 1.54) is 19.3 Å². The molecule has 5 nitrogen and oxygen atoms in total. The summed E-state index contributed by atoms with van der Waals surface area (Å²) in [5, 5.41) is 3.55. The van der Waals surface area contributed by atoms with Crippen molar-refractivity contribution in [3.05, 3.63) is 11.4 Å². The molecule has 0 spiro atoms. The van der Waals surface area contributed by atoms with E-state index in [1.54, 1.807) is 0 Å². The second-order valence-electron chi connectivity index (χ2n) is 5.40. The van der Waals surface area contributed by atoms with E-state index in [0.29, 0.717) is 0 Å². The number of hydrogen-bond donors (Lipinski definition) is 3. The minimum atomic E-state index is 0.189. The molecule has 1 aromatic rings. The summed E-state index contributed by atoms with van der Waals surface area (Å²) in [4.78, 5) is 9.05. The molecule has 1 saturated carbocycles. The van der Waals surface area contributed by atoms with Crippen LogP contribution in [0.25, 0.3) is 0 Å². The highest BCUT2D eigenvalue weighted by Crippen LogP contribution is 2.35. The number of aryl methyl sites for hydroxylation is 1. The van der Waals surface area contributed by atoms with E-state index in [9.17, 15) is 0 Å². The van der Waals surface area contributed by atoms with Crippen molar-refractivity contribution in [3.8, 4) is 0 Å². The van der Waals surface area contributed by atoms with E-state index in [-0.39, 0.29) is 5.54 Å². The van der Waals surface area contributed by atoms with E-state index >= 15 is 0 Å². The van der Waals surface area contributed by atoms with E-state index < -0.39 is 0 Å². The summed E-state index contributed by atoms with van der Waals surface area (Å²) in [5.41, 5.74) is 3.85. The number of nitrogen functional groups attached to an aromatic ring is 1. The molecule has 1 aromatic heterocycles. The van der Waals surface area contributed by atoms with Crippen LogP contribution >= 0.6 is 0 Å². The van der Waals surface area contributed by atoms with Gasteiger partial charge in [0.05, 0.1) is 0 Å². The number of nitrogens with one attached hydrogen (secondary N) is 2. The van der Waals surface area contributed by atoms with Gasteiger partial charge in [-0.1, -0.05) is 6.92 Å². The third-order valence-electron chi connectivity index (χ3n) is 3.68. The van der Waals surface area contributed by atoms with Crippen LogP contribution in [0.1, 0.15) is 50.9 Å². The number of aromatic nitrogens is 2. The molecule has 0 amide bonds. The van der Waals surface area contributed by atoms with Gasteiger partial charge in [-0.25, -0.2) is 15.8 Å². The fourth-order valence-electron chi connectivity index (χ4n) is 2.28. The normalized spacial score (nSPS) is 17.1. The molecule has 0 aliphatic heterocycles.